The molecule has 1 aliphatic rings. The molecule has 1 rings (SSSR count). The van der Waals surface area contributed by atoms with E-state index in [-0.39, 0.29) is 18.4 Å². The molecule has 0 radical (unpaired) electrons. The summed E-state index contributed by atoms with van der Waals surface area (Å²) >= 11 is 0. The van der Waals surface area contributed by atoms with E-state index >= 15 is 0 Å². The van der Waals surface area contributed by atoms with Crippen molar-refractivity contribution in [3.8, 4) is 0 Å². The molecule has 1 saturated heterocycles. The van der Waals surface area contributed by atoms with Crippen LogP contribution in [0.1, 0.15) is 13.3 Å². The van der Waals surface area contributed by atoms with E-state index in [4.69, 9.17) is 5.73 Å². The van der Waals surface area contributed by atoms with Gasteiger partial charge in [0.05, 0.1) is 12.5 Å². The second-order valence-electron chi connectivity index (χ2n) is 4.36. The lowest BCUT2D eigenvalue weighted by molar-refractivity contribution is -0.138. The lowest BCUT2D eigenvalue weighted by atomic mass is 9.91. The van der Waals surface area contributed by atoms with Gasteiger partial charge in [0.15, 0.2) is 0 Å². The first-order valence-electron chi connectivity index (χ1n) is 5.24. The number of nitrogens with zero attached hydrogens (tertiary/aromatic N) is 1. The minimum absolute atomic E-state index is 0.00368. The molecular weight excluding hydrogens is 194 g/mol. The molecule has 3 N–H and O–H groups in total. The van der Waals surface area contributed by atoms with E-state index in [0.29, 0.717) is 12.5 Å². The number of carbonyl (C=O) groups is 2. The monoisotopic (exact) mass is 213 g/mol. The minimum atomic E-state index is -0.470. The van der Waals surface area contributed by atoms with Crippen molar-refractivity contribution < 1.29 is 9.59 Å². The number of likely N-dealkylation sites (N-methyl/N-ethyl adjacent to an activating group) is 1. The minimum Gasteiger partial charge on any atom is -0.368 e. The van der Waals surface area contributed by atoms with Gasteiger partial charge >= 0.3 is 0 Å². The average molecular weight is 213 g/mol. The molecule has 0 saturated carbocycles. The molecule has 0 aromatic rings. The number of nitrogens with one attached hydrogen (secondary N) is 1. The number of carbonyl (C=O) groups excluding carboxylic acids is 2. The van der Waals surface area contributed by atoms with Crippen molar-refractivity contribution in [3.05, 3.63) is 0 Å². The number of nitrogens with two attached hydrogens (primary N) is 1. The Labute approximate surface area is 90.0 Å². The predicted molar refractivity (Wildman–Crippen MR) is 57.0 cm³/mol. The zero-order valence-electron chi connectivity index (χ0n) is 9.32. The maximum atomic E-state index is 11.9. The standard InChI is InChI=1S/C10H19N3O2/c1-7-3-8(5-12-4-7)10(15)13(2)6-9(11)14/h7-8,12H,3-6H2,1-2H3,(H2,11,14). The van der Waals surface area contributed by atoms with Crippen molar-refractivity contribution in [3.63, 3.8) is 0 Å². The predicted octanol–water partition coefficient (Wildman–Crippen LogP) is -0.824. The van der Waals surface area contributed by atoms with Crippen molar-refractivity contribution in [2.24, 2.45) is 17.6 Å². The molecule has 0 aliphatic carbocycles. The molecule has 5 heteroatoms. The van der Waals surface area contributed by atoms with E-state index < -0.39 is 5.91 Å². The highest BCUT2D eigenvalue weighted by Crippen LogP contribution is 2.17. The van der Waals surface area contributed by atoms with Crippen LogP contribution in [0.15, 0.2) is 0 Å². The number of piperidine rings is 1. The molecule has 0 bridgehead atoms. The second kappa shape index (κ2) is 5.11. The number of rotatable bonds is 3. The van der Waals surface area contributed by atoms with E-state index in [1.54, 1.807) is 7.05 Å². The lowest BCUT2D eigenvalue weighted by Crippen LogP contribution is -2.46. The third-order valence-electron chi connectivity index (χ3n) is 2.69. The first kappa shape index (κ1) is 12.0. The number of primary amides is 1. The zero-order chi connectivity index (χ0) is 11.4. The molecule has 0 aromatic carbocycles. The molecule has 1 aliphatic heterocycles. The van der Waals surface area contributed by atoms with Crippen LogP contribution < -0.4 is 11.1 Å². The van der Waals surface area contributed by atoms with Crippen LogP contribution in [0.3, 0.4) is 0 Å². The Balaban J connectivity index is 2.47. The highest BCUT2D eigenvalue weighted by molar-refractivity contribution is 5.85. The van der Waals surface area contributed by atoms with Crippen LogP contribution in [0.5, 0.6) is 0 Å². The zero-order valence-corrected chi connectivity index (χ0v) is 9.32. The Hall–Kier alpha value is -1.10. The molecule has 86 valence electrons. The summed E-state index contributed by atoms with van der Waals surface area (Å²) in [5, 5.41) is 3.21. The first-order chi connectivity index (χ1) is 7.00. The van der Waals surface area contributed by atoms with Gasteiger partial charge in [-0.05, 0) is 18.9 Å². The van der Waals surface area contributed by atoms with Crippen molar-refractivity contribution in [1.82, 2.24) is 10.2 Å². The molecule has 0 spiro atoms. The van der Waals surface area contributed by atoms with Crippen molar-refractivity contribution in [1.29, 1.82) is 0 Å². The highest BCUT2D eigenvalue weighted by atomic mass is 16.2. The first-order valence-corrected chi connectivity index (χ1v) is 5.24. The summed E-state index contributed by atoms with van der Waals surface area (Å²) in [6.45, 7) is 3.78. The fourth-order valence-corrected chi connectivity index (χ4v) is 1.97. The van der Waals surface area contributed by atoms with Crippen molar-refractivity contribution in [2.75, 3.05) is 26.7 Å². The Kier molecular flexibility index (Phi) is 4.08. The van der Waals surface area contributed by atoms with Gasteiger partial charge in [-0.2, -0.15) is 0 Å². The summed E-state index contributed by atoms with van der Waals surface area (Å²) in [4.78, 5) is 23.9. The van der Waals surface area contributed by atoms with Crippen molar-refractivity contribution in [2.45, 2.75) is 13.3 Å². The SMILES string of the molecule is CC1CNCC(C(=O)N(C)CC(N)=O)C1. The fourth-order valence-electron chi connectivity index (χ4n) is 1.97. The van der Waals surface area contributed by atoms with E-state index in [1.807, 2.05) is 0 Å². The topological polar surface area (TPSA) is 75.4 Å². The highest BCUT2D eigenvalue weighted by Gasteiger charge is 2.27. The van der Waals surface area contributed by atoms with Crippen LogP contribution in [0, 0.1) is 11.8 Å². The van der Waals surface area contributed by atoms with E-state index in [0.717, 1.165) is 13.0 Å². The maximum Gasteiger partial charge on any atom is 0.237 e. The molecule has 0 aromatic heterocycles. The van der Waals surface area contributed by atoms with Gasteiger partial charge in [-0.15, -0.1) is 0 Å². The molecule has 15 heavy (non-hydrogen) atoms. The third-order valence-corrected chi connectivity index (χ3v) is 2.69. The van der Waals surface area contributed by atoms with E-state index in [1.165, 1.54) is 4.90 Å². The molecular formula is C10H19N3O2. The van der Waals surface area contributed by atoms with Crippen LogP contribution >= 0.6 is 0 Å². The van der Waals surface area contributed by atoms with Gasteiger partial charge in [-0.3, -0.25) is 9.59 Å². The van der Waals surface area contributed by atoms with Gasteiger partial charge in [-0.1, -0.05) is 6.92 Å². The largest absolute Gasteiger partial charge is 0.368 e. The number of amides is 2. The van der Waals surface area contributed by atoms with Gasteiger partial charge in [0.2, 0.25) is 11.8 Å². The molecule has 1 fully saturated rings. The Bertz CT molecular complexity index is 255. The van der Waals surface area contributed by atoms with Crippen LogP contribution in [-0.4, -0.2) is 43.4 Å². The molecule has 2 atom stereocenters. The van der Waals surface area contributed by atoms with Gasteiger partial charge < -0.3 is 16.0 Å². The summed E-state index contributed by atoms with van der Waals surface area (Å²) in [5.74, 6) is 0.0308. The van der Waals surface area contributed by atoms with Crippen LogP contribution in [0.4, 0.5) is 0 Å². The van der Waals surface area contributed by atoms with Crippen LogP contribution in [0.25, 0.3) is 0 Å². The maximum absolute atomic E-state index is 11.9. The number of hydrogen-bond donors (Lipinski definition) is 2. The Morgan fingerprint density at radius 2 is 2.13 bits per heavy atom. The lowest BCUT2D eigenvalue weighted by Gasteiger charge is -2.29. The summed E-state index contributed by atoms with van der Waals surface area (Å²) in [6.07, 6.45) is 0.884. The van der Waals surface area contributed by atoms with Crippen LogP contribution in [0.2, 0.25) is 0 Å². The smallest absolute Gasteiger partial charge is 0.237 e. The molecule has 1 heterocycles. The van der Waals surface area contributed by atoms with Crippen molar-refractivity contribution >= 4 is 11.8 Å². The van der Waals surface area contributed by atoms with Gasteiger partial charge in [0, 0.05) is 13.6 Å². The summed E-state index contributed by atoms with van der Waals surface area (Å²) in [5.41, 5.74) is 5.04. The summed E-state index contributed by atoms with van der Waals surface area (Å²) < 4.78 is 0. The van der Waals surface area contributed by atoms with Crippen LogP contribution in [-0.2, 0) is 9.59 Å². The Morgan fingerprint density at radius 1 is 1.47 bits per heavy atom. The summed E-state index contributed by atoms with van der Waals surface area (Å²) in [6, 6.07) is 0. The van der Waals surface area contributed by atoms with E-state index in [9.17, 15) is 9.59 Å². The fraction of sp³-hybridized carbons (Fsp3) is 0.800. The molecule has 5 nitrogen and oxygen atoms in total. The Morgan fingerprint density at radius 3 is 2.67 bits per heavy atom. The second-order valence-corrected chi connectivity index (χ2v) is 4.36. The summed E-state index contributed by atoms with van der Waals surface area (Å²) in [7, 11) is 1.62. The quantitative estimate of drug-likeness (QED) is 0.643. The van der Waals surface area contributed by atoms with E-state index in [2.05, 4.69) is 12.2 Å². The van der Waals surface area contributed by atoms with Gasteiger partial charge in [0.1, 0.15) is 0 Å². The van der Waals surface area contributed by atoms with Gasteiger partial charge in [0.25, 0.3) is 0 Å². The third kappa shape index (κ3) is 3.51. The normalized spacial score (nSPS) is 26.0. The van der Waals surface area contributed by atoms with Gasteiger partial charge in [-0.25, -0.2) is 0 Å². The number of hydrogen-bond acceptors (Lipinski definition) is 3. The molecule has 2 unspecified atom stereocenters. The molecule has 2 amide bonds. The average Bonchev–Trinajstić information content (AvgIpc) is 2.15.